The van der Waals surface area contributed by atoms with Gasteiger partial charge in [-0.05, 0) is 18.1 Å². The van der Waals surface area contributed by atoms with Crippen molar-refractivity contribution in [1.29, 1.82) is 0 Å². The van der Waals surface area contributed by atoms with Crippen molar-refractivity contribution in [3.63, 3.8) is 0 Å². The Morgan fingerprint density at radius 3 is 2.32 bits per heavy atom. The van der Waals surface area contributed by atoms with Gasteiger partial charge in [0, 0.05) is 24.0 Å². The van der Waals surface area contributed by atoms with E-state index in [4.69, 9.17) is 0 Å². The Kier molecular flexibility index (Phi) is 3.46. The number of nitrogens with zero attached hydrogens (tertiary/aromatic N) is 1. The van der Waals surface area contributed by atoms with Gasteiger partial charge in [-0.3, -0.25) is 9.59 Å². The number of hydrogen-bond acceptors (Lipinski definition) is 4. The van der Waals surface area contributed by atoms with E-state index in [2.05, 4.69) is 0 Å². The summed E-state index contributed by atoms with van der Waals surface area (Å²) in [4.78, 5) is 35.5. The van der Waals surface area contributed by atoms with E-state index >= 15 is 0 Å². The Bertz CT molecular complexity index is 559. The van der Waals surface area contributed by atoms with Gasteiger partial charge in [-0.25, -0.2) is 4.90 Å². The number of para-hydroxylation sites is 1. The van der Waals surface area contributed by atoms with Crippen LogP contribution in [0.4, 0.5) is 5.69 Å². The Labute approximate surface area is 110 Å². The lowest BCUT2D eigenvalue weighted by molar-refractivity contribution is -0.308. The molecule has 5 nitrogen and oxygen atoms in total. The highest BCUT2D eigenvalue weighted by Gasteiger charge is 2.28. The summed E-state index contributed by atoms with van der Waals surface area (Å²) in [5.74, 6) is -3.00. The van der Waals surface area contributed by atoms with Gasteiger partial charge in [0.2, 0.25) is 0 Å². The number of carboxylic acid groups (broad SMARTS) is 1. The summed E-state index contributed by atoms with van der Waals surface area (Å²) >= 11 is 0. The molecule has 1 heterocycles. The summed E-state index contributed by atoms with van der Waals surface area (Å²) in [6, 6.07) is 6.48. The number of benzene rings is 1. The van der Waals surface area contributed by atoms with Crippen LogP contribution in [0.3, 0.4) is 0 Å². The molecule has 1 atom stereocenters. The van der Waals surface area contributed by atoms with Gasteiger partial charge in [0.1, 0.15) is 0 Å². The lowest BCUT2D eigenvalue weighted by Crippen LogP contribution is -2.34. The van der Waals surface area contributed by atoms with Gasteiger partial charge in [0.25, 0.3) is 11.8 Å². The Morgan fingerprint density at radius 1 is 1.21 bits per heavy atom. The third kappa shape index (κ3) is 2.27. The molecule has 2 amide bonds. The first-order chi connectivity index (χ1) is 9.06. The van der Waals surface area contributed by atoms with Crippen LogP contribution >= 0.6 is 0 Å². The molecule has 0 bridgehead atoms. The molecular formula is C14H12NO4-. The van der Waals surface area contributed by atoms with Crippen molar-refractivity contribution < 1.29 is 19.5 Å². The van der Waals surface area contributed by atoms with Crippen molar-refractivity contribution in [1.82, 2.24) is 0 Å². The molecule has 1 aromatic rings. The zero-order valence-electron chi connectivity index (χ0n) is 10.3. The van der Waals surface area contributed by atoms with E-state index in [1.54, 1.807) is 31.2 Å². The summed E-state index contributed by atoms with van der Waals surface area (Å²) in [5, 5.41) is 11.1. The Morgan fingerprint density at radius 2 is 1.79 bits per heavy atom. The number of imide groups is 1. The van der Waals surface area contributed by atoms with Crippen molar-refractivity contribution >= 4 is 23.5 Å². The monoisotopic (exact) mass is 258 g/mol. The maximum atomic E-state index is 11.7. The van der Waals surface area contributed by atoms with Gasteiger partial charge in [-0.2, -0.15) is 0 Å². The number of hydrogen-bond donors (Lipinski definition) is 0. The second kappa shape index (κ2) is 5.06. The van der Waals surface area contributed by atoms with Gasteiger partial charge >= 0.3 is 0 Å². The van der Waals surface area contributed by atoms with E-state index in [0.29, 0.717) is 17.7 Å². The van der Waals surface area contributed by atoms with E-state index in [9.17, 15) is 19.5 Å². The molecule has 1 aliphatic heterocycles. The van der Waals surface area contributed by atoms with Gasteiger partial charge in [0.15, 0.2) is 0 Å². The lowest BCUT2D eigenvalue weighted by Gasteiger charge is -2.23. The average Bonchev–Trinajstić information content (AvgIpc) is 2.70. The van der Waals surface area contributed by atoms with Crippen molar-refractivity contribution in [2.45, 2.75) is 19.3 Å². The molecule has 1 aliphatic rings. The van der Waals surface area contributed by atoms with E-state index in [1.807, 2.05) is 0 Å². The lowest BCUT2D eigenvalue weighted by atomic mass is 9.94. The molecule has 1 aromatic carbocycles. The minimum absolute atomic E-state index is 0.304. The van der Waals surface area contributed by atoms with Crippen LogP contribution in [0, 0.1) is 0 Å². The smallest absolute Gasteiger partial charge is 0.258 e. The molecule has 98 valence electrons. The molecule has 0 N–H and O–H groups in total. The number of aliphatic carboxylic acids is 1. The summed E-state index contributed by atoms with van der Waals surface area (Å²) in [6.45, 7) is 1.71. The van der Waals surface area contributed by atoms with Gasteiger partial charge < -0.3 is 9.90 Å². The largest absolute Gasteiger partial charge is 0.549 e. The molecule has 0 spiro atoms. The number of carbonyl (C=O) groups is 3. The Balaban J connectivity index is 2.50. The van der Waals surface area contributed by atoms with Crippen molar-refractivity contribution in [3.8, 4) is 0 Å². The fourth-order valence-corrected chi connectivity index (χ4v) is 2.14. The van der Waals surface area contributed by atoms with Crippen LogP contribution in [0.25, 0.3) is 0 Å². The summed E-state index contributed by atoms with van der Waals surface area (Å²) < 4.78 is 0. The summed E-state index contributed by atoms with van der Waals surface area (Å²) in [6.07, 6.45) is 2.65. The van der Waals surface area contributed by atoms with Crippen molar-refractivity contribution in [2.75, 3.05) is 4.90 Å². The van der Waals surface area contributed by atoms with E-state index < -0.39 is 23.7 Å². The molecule has 5 heteroatoms. The average molecular weight is 258 g/mol. The minimum Gasteiger partial charge on any atom is -0.549 e. The SMILES string of the molecule is CCC(C(=O)[O-])c1ccccc1N1C(=O)C=CC1=O. The van der Waals surface area contributed by atoms with E-state index in [0.717, 1.165) is 4.90 Å². The second-order valence-electron chi connectivity index (χ2n) is 4.18. The predicted molar refractivity (Wildman–Crippen MR) is 66.1 cm³/mol. The standard InChI is InChI=1S/C14H13NO4/c1-2-9(14(18)19)10-5-3-4-6-11(10)15-12(16)7-8-13(15)17/h3-9H,2H2,1H3,(H,18,19)/p-1. The minimum atomic E-state index is -1.22. The van der Waals surface area contributed by atoms with E-state index in [-0.39, 0.29) is 0 Å². The number of anilines is 1. The second-order valence-corrected chi connectivity index (χ2v) is 4.18. The first-order valence-electron chi connectivity index (χ1n) is 5.92. The van der Waals surface area contributed by atoms with Gasteiger partial charge in [-0.15, -0.1) is 0 Å². The van der Waals surface area contributed by atoms with Crippen LogP contribution in [0.15, 0.2) is 36.4 Å². The van der Waals surface area contributed by atoms with Gasteiger partial charge in [0.05, 0.1) is 5.69 Å². The van der Waals surface area contributed by atoms with Crippen LogP contribution in [0.5, 0.6) is 0 Å². The van der Waals surface area contributed by atoms with Crippen LogP contribution in [-0.2, 0) is 14.4 Å². The maximum Gasteiger partial charge on any atom is 0.258 e. The highest BCUT2D eigenvalue weighted by Crippen LogP contribution is 2.31. The number of rotatable bonds is 4. The summed E-state index contributed by atoms with van der Waals surface area (Å²) in [7, 11) is 0. The molecule has 0 aliphatic carbocycles. The number of carbonyl (C=O) groups excluding carboxylic acids is 3. The fourth-order valence-electron chi connectivity index (χ4n) is 2.14. The molecular weight excluding hydrogens is 246 g/mol. The third-order valence-corrected chi connectivity index (χ3v) is 3.06. The number of amides is 2. The highest BCUT2D eigenvalue weighted by atomic mass is 16.4. The van der Waals surface area contributed by atoms with Crippen LogP contribution in [0.2, 0.25) is 0 Å². The molecule has 0 fully saturated rings. The number of carboxylic acids is 1. The quantitative estimate of drug-likeness (QED) is 0.730. The molecule has 2 rings (SSSR count). The Hall–Kier alpha value is -2.43. The maximum absolute atomic E-state index is 11.7. The molecule has 0 radical (unpaired) electrons. The van der Waals surface area contributed by atoms with Crippen LogP contribution in [0.1, 0.15) is 24.8 Å². The third-order valence-electron chi connectivity index (χ3n) is 3.06. The first kappa shape index (κ1) is 13.0. The van der Waals surface area contributed by atoms with Crippen molar-refractivity contribution in [2.24, 2.45) is 0 Å². The fraction of sp³-hybridized carbons (Fsp3) is 0.214. The topological polar surface area (TPSA) is 77.5 Å². The zero-order valence-corrected chi connectivity index (χ0v) is 10.3. The molecule has 0 aromatic heterocycles. The molecule has 0 saturated heterocycles. The normalized spacial score (nSPS) is 15.9. The predicted octanol–water partition coefficient (Wildman–Crippen LogP) is 0.359. The zero-order chi connectivity index (χ0) is 14.0. The molecule has 0 saturated carbocycles. The molecule has 1 unspecified atom stereocenters. The highest BCUT2D eigenvalue weighted by molar-refractivity contribution is 6.28. The van der Waals surface area contributed by atoms with Crippen LogP contribution in [-0.4, -0.2) is 17.8 Å². The van der Waals surface area contributed by atoms with Crippen LogP contribution < -0.4 is 10.0 Å². The van der Waals surface area contributed by atoms with Crippen molar-refractivity contribution in [3.05, 3.63) is 42.0 Å². The van der Waals surface area contributed by atoms with E-state index in [1.165, 1.54) is 12.2 Å². The molecule has 19 heavy (non-hydrogen) atoms. The summed E-state index contributed by atoms with van der Waals surface area (Å²) in [5.41, 5.74) is 0.717. The first-order valence-corrected chi connectivity index (χ1v) is 5.92. The van der Waals surface area contributed by atoms with Gasteiger partial charge in [-0.1, -0.05) is 25.1 Å².